The zero-order valence-electron chi connectivity index (χ0n) is 15.5. The Morgan fingerprint density at radius 2 is 1.78 bits per heavy atom. The number of methoxy groups -OCH3 is 2. The van der Waals surface area contributed by atoms with Crippen LogP contribution in [0, 0.1) is 0 Å². The second-order valence-corrected chi connectivity index (χ2v) is 6.84. The fourth-order valence-corrected chi connectivity index (χ4v) is 3.49. The van der Waals surface area contributed by atoms with Crippen molar-refractivity contribution in [2.24, 2.45) is 0 Å². The summed E-state index contributed by atoms with van der Waals surface area (Å²) in [6.45, 7) is 2.54. The van der Waals surface area contributed by atoms with E-state index in [0.717, 1.165) is 12.8 Å². The molecule has 1 aromatic rings. The highest BCUT2D eigenvalue weighted by molar-refractivity contribution is 6.32. The van der Waals surface area contributed by atoms with Crippen molar-refractivity contribution in [3.8, 4) is 11.5 Å². The van der Waals surface area contributed by atoms with Crippen molar-refractivity contribution >= 4 is 29.2 Å². The lowest BCUT2D eigenvalue weighted by Gasteiger charge is -2.35. The number of hydrogen-bond acceptors (Lipinski definition) is 5. The molecule has 0 saturated carbocycles. The van der Waals surface area contributed by atoms with E-state index in [9.17, 15) is 9.59 Å². The molecule has 9 heteroatoms. The Hall–Kier alpha value is -2.19. The second kappa shape index (κ2) is 8.67. The van der Waals surface area contributed by atoms with Crippen molar-refractivity contribution < 1.29 is 23.8 Å². The summed E-state index contributed by atoms with van der Waals surface area (Å²) < 4.78 is 15.9. The normalized spacial score (nSPS) is 19.7. The molecule has 0 aromatic heterocycles. The molecule has 0 spiro atoms. The van der Waals surface area contributed by atoms with E-state index in [1.807, 2.05) is 0 Å². The number of nitrogens with one attached hydrogen (secondary N) is 1. The van der Waals surface area contributed by atoms with Crippen LogP contribution >= 0.6 is 11.6 Å². The van der Waals surface area contributed by atoms with E-state index < -0.39 is 0 Å². The molecule has 1 N–H and O–H groups in total. The molecule has 27 heavy (non-hydrogen) atoms. The number of anilines is 1. The van der Waals surface area contributed by atoms with Crippen LogP contribution in [-0.4, -0.2) is 74.8 Å². The molecule has 148 valence electrons. The molecule has 2 fully saturated rings. The van der Waals surface area contributed by atoms with Gasteiger partial charge in [-0.25, -0.2) is 4.79 Å². The van der Waals surface area contributed by atoms with Gasteiger partial charge in [0, 0.05) is 44.9 Å². The zero-order chi connectivity index (χ0) is 19.4. The average Bonchev–Trinajstić information content (AvgIpc) is 3.23. The number of urea groups is 1. The van der Waals surface area contributed by atoms with Crippen LogP contribution in [0.5, 0.6) is 11.5 Å². The third kappa shape index (κ3) is 4.39. The van der Waals surface area contributed by atoms with E-state index in [1.54, 1.807) is 21.9 Å². The fourth-order valence-electron chi connectivity index (χ4n) is 3.26. The summed E-state index contributed by atoms with van der Waals surface area (Å²) >= 11 is 6.09. The van der Waals surface area contributed by atoms with Crippen molar-refractivity contribution in [2.45, 2.75) is 18.9 Å². The van der Waals surface area contributed by atoms with Crippen molar-refractivity contribution in [3.05, 3.63) is 17.2 Å². The van der Waals surface area contributed by atoms with Crippen LogP contribution in [0.3, 0.4) is 0 Å². The van der Waals surface area contributed by atoms with Gasteiger partial charge < -0.3 is 29.3 Å². The molecule has 8 nitrogen and oxygen atoms in total. The van der Waals surface area contributed by atoms with Gasteiger partial charge in [-0.15, -0.1) is 0 Å². The van der Waals surface area contributed by atoms with Crippen molar-refractivity contribution in [3.63, 3.8) is 0 Å². The van der Waals surface area contributed by atoms with Crippen molar-refractivity contribution in [2.75, 3.05) is 52.3 Å². The molecule has 1 unspecified atom stereocenters. The van der Waals surface area contributed by atoms with Crippen LogP contribution in [-0.2, 0) is 9.53 Å². The predicted molar refractivity (Wildman–Crippen MR) is 101 cm³/mol. The summed E-state index contributed by atoms with van der Waals surface area (Å²) in [6, 6.07) is 2.95. The Balaban J connectivity index is 1.59. The van der Waals surface area contributed by atoms with Crippen LogP contribution in [0.15, 0.2) is 12.1 Å². The van der Waals surface area contributed by atoms with Crippen LogP contribution in [0.4, 0.5) is 10.5 Å². The van der Waals surface area contributed by atoms with E-state index in [0.29, 0.717) is 55.0 Å². The van der Waals surface area contributed by atoms with Gasteiger partial charge in [-0.05, 0) is 12.8 Å². The summed E-state index contributed by atoms with van der Waals surface area (Å²) in [6.07, 6.45) is 1.37. The van der Waals surface area contributed by atoms with E-state index in [4.69, 9.17) is 25.8 Å². The first kappa shape index (κ1) is 19.6. The molecule has 3 rings (SSSR count). The van der Waals surface area contributed by atoms with Gasteiger partial charge in [-0.3, -0.25) is 4.79 Å². The molecule has 0 radical (unpaired) electrons. The number of amides is 3. The zero-order valence-corrected chi connectivity index (χ0v) is 16.3. The summed E-state index contributed by atoms with van der Waals surface area (Å²) in [5.74, 6) is 0.915. The van der Waals surface area contributed by atoms with Crippen LogP contribution in [0.2, 0.25) is 5.02 Å². The summed E-state index contributed by atoms with van der Waals surface area (Å²) in [5, 5.41) is 3.22. The number of halogens is 1. The number of rotatable bonds is 4. The minimum atomic E-state index is -0.323. The van der Waals surface area contributed by atoms with Crippen LogP contribution < -0.4 is 14.8 Å². The minimum absolute atomic E-state index is 0.0247. The van der Waals surface area contributed by atoms with Gasteiger partial charge in [0.15, 0.2) is 0 Å². The Morgan fingerprint density at radius 1 is 1.11 bits per heavy atom. The molecule has 0 aliphatic carbocycles. The number of piperazine rings is 1. The smallest absolute Gasteiger partial charge is 0.322 e. The topological polar surface area (TPSA) is 80.3 Å². The molecule has 1 atom stereocenters. The van der Waals surface area contributed by atoms with Gasteiger partial charge in [-0.1, -0.05) is 11.6 Å². The maximum Gasteiger partial charge on any atom is 0.322 e. The lowest BCUT2D eigenvalue weighted by Crippen LogP contribution is -2.53. The van der Waals surface area contributed by atoms with Gasteiger partial charge in [0.05, 0.1) is 24.9 Å². The second-order valence-electron chi connectivity index (χ2n) is 6.43. The Morgan fingerprint density at radius 3 is 2.37 bits per heavy atom. The maximum atomic E-state index is 12.6. The molecule has 2 heterocycles. The minimum Gasteiger partial charge on any atom is -0.495 e. The van der Waals surface area contributed by atoms with E-state index in [1.165, 1.54) is 14.2 Å². The molecule has 0 bridgehead atoms. The van der Waals surface area contributed by atoms with E-state index in [2.05, 4.69) is 5.32 Å². The number of benzene rings is 1. The Labute approximate surface area is 163 Å². The van der Waals surface area contributed by atoms with Crippen molar-refractivity contribution in [1.29, 1.82) is 0 Å². The largest absolute Gasteiger partial charge is 0.495 e. The van der Waals surface area contributed by atoms with Crippen LogP contribution in [0.1, 0.15) is 12.8 Å². The Bertz CT molecular complexity index is 700. The summed E-state index contributed by atoms with van der Waals surface area (Å²) in [4.78, 5) is 28.4. The molecular weight excluding hydrogens is 374 g/mol. The molecule has 3 amide bonds. The highest BCUT2D eigenvalue weighted by atomic mass is 35.5. The number of carbonyl (C=O) groups excluding carboxylic acids is 2. The van der Waals surface area contributed by atoms with Gasteiger partial charge in [-0.2, -0.15) is 0 Å². The third-order valence-electron chi connectivity index (χ3n) is 4.80. The maximum absolute atomic E-state index is 12.6. The van der Waals surface area contributed by atoms with Crippen LogP contribution in [0.25, 0.3) is 0 Å². The monoisotopic (exact) mass is 397 g/mol. The van der Waals surface area contributed by atoms with Gasteiger partial charge in [0.2, 0.25) is 0 Å². The van der Waals surface area contributed by atoms with Gasteiger partial charge in [0.25, 0.3) is 5.91 Å². The highest BCUT2D eigenvalue weighted by Gasteiger charge is 2.31. The van der Waals surface area contributed by atoms with Gasteiger partial charge in [0.1, 0.15) is 17.6 Å². The number of ether oxygens (including phenoxy) is 3. The predicted octanol–water partition coefficient (Wildman–Crippen LogP) is 2.21. The Kier molecular flexibility index (Phi) is 6.28. The molecule has 2 aliphatic rings. The third-order valence-corrected chi connectivity index (χ3v) is 5.09. The molecule has 1 aromatic carbocycles. The number of hydrogen-bond donors (Lipinski definition) is 1. The van der Waals surface area contributed by atoms with E-state index >= 15 is 0 Å². The molecule has 2 aliphatic heterocycles. The van der Waals surface area contributed by atoms with E-state index in [-0.39, 0.29) is 18.0 Å². The molecule has 2 saturated heterocycles. The number of nitrogens with zero attached hydrogens (tertiary/aromatic N) is 2. The van der Waals surface area contributed by atoms with Gasteiger partial charge >= 0.3 is 6.03 Å². The highest BCUT2D eigenvalue weighted by Crippen LogP contribution is 2.36. The summed E-state index contributed by atoms with van der Waals surface area (Å²) in [7, 11) is 3.01. The number of carbonyl (C=O) groups is 2. The first-order valence-corrected chi connectivity index (χ1v) is 9.29. The standard InChI is InChI=1S/C18H24ClN3O5/c1-25-15-11-13(16(26-2)10-12(15)19)20-18(24)22-7-5-21(6-8-22)17(23)14-4-3-9-27-14/h10-11,14H,3-9H2,1-2H3,(H,20,24). The summed E-state index contributed by atoms with van der Waals surface area (Å²) in [5.41, 5.74) is 0.474. The SMILES string of the molecule is COc1cc(NC(=O)N2CCN(C(=O)C3CCCO3)CC2)c(OC)cc1Cl. The van der Waals surface area contributed by atoms with Crippen molar-refractivity contribution in [1.82, 2.24) is 9.80 Å². The fraction of sp³-hybridized carbons (Fsp3) is 0.556. The first-order chi connectivity index (χ1) is 13.0. The lowest BCUT2D eigenvalue weighted by atomic mass is 10.2. The quantitative estimate of drug-likeness (QED) is 0.842. The molecular formula is C18H24ClN3O5. The average molecular weight is 398 g/mol. The first-order valence-electron chi connectivity index (χ1n) is 8.91. The lowest BCUT2D eigenvalue weighted by molar-refractivity contribution is -0.142.